The van der Waals surface area contributed by atoms with Crippen LogP contribution in [-0.2, 0) is 73.0 Å². The van der Waals surface area contributed by atoms with Gasteiger partial charge in [-0.15, -0.1) is 0 Å². The van der Waals surface area contributed by atoms with E-state index in [1.165, 1.54) is 20.8 Å². The van der Waals surface area contributed by atoms with Crippen LogP contribution < -0.4 is 4.74 Å². The van der Waals surface area contributed by atoms with Gasteiger partial charge in [-0.05, 0) is 37.0 Å². The van der Waals surface area contributed by atoms with Crippen LogP contribution in [0.25, 0.3) is 0 Å². The van der Waals surface area contributed by atoms with Crippen molar-refractivity contribution in [2.24, 2.45) is 0 Å². The van der Waals surface area contributed by atoms with Gasteiger partial charge >= 0.3 is 23.9 Å². The molecule has 1 fully saturated rings. The fourth-order valence-corrected chi connectivity index (χ4v) is 4.61. The molecule has 1 aromatic rings. The SMILES string of the molecule is COCCOCCOCCOCCOc1ccc(CCCCO[C@@H]2O[C@H](COC(C)=O)[C@@H](OC(C)=O)[C@H](OC(C)=O)[C@H]2OC(C)=O)cc1. The summed E-state index contributed by atoms with van der Waals surface area (Å²) in [6.07, 6.45) is -3.83. The highest BCUT2D eigenvalue weighted by molar-refractivity contribution is 5.68. The summed E-state index contributed by atoms with van der Waals surface area (Å²) in [6, 6.07) is 7.77. The zero-order valence-corrected chi connectivity index (χ0v) is 28.5. The topological polar surface area (TPSA) is 170 Å². The molecule has 0 radical (unpaired) electrons. The number of unbranched alkanes of at least 4 members (excludes halogenated alkanes) is 1. The van der Waals surface area contributed by atoms with Gasteiger partial charge < -0.3 is 52.1 Å². The van der Waals surface area contributed by atoms with Gasteiger partial charge in [0, 0.05) is 41.4 Å². The van der Waals surface area contributed by atoms with Crippen LogP contribution in [0.15, 0.2) is 24.3 Å². The lowest BCUT2D eigenvalue weighted by molar-refractivity contribution is -0.308. The Balaban J connectivity index is 1.78. The third kappa shape index (κ3) is 17.2. The molecule has 2 rings (SSSR count). The first-order valence-corrected chi connectivity index (χ1v) is 16.0. The molecule has 5 atom stereocenters. The first kappa shape index (κ1) is 40.8. The van der Waals surface area contributed by atoms with Crippen molar-refractivity contribution in [3.63, 3.8) is 0 Å². The van der Waals surface area contributed by atoms with E-state index in [4.69, 9.17) is 52.1 Å². The van der Waals surface area contributed by atoms with Gasteiger partial charge in [-0.1, -0.05) is 12.1 Å². The van der Waals surface area contributed by atoms with Crippen LogP contribution in [0, 0.1) is 0 Å². The minimum Gasteiger partial charge on any atom is -0.491 e. The summed E-state index contributed by atoms with van der Waals surface area (Å²) < 4.78 is 60.1. The predicted molar refractivity (Wildman–Crippen MR) is 167 cm³/mol. The van der Waals surface area contributed by atoms with Crippen LogP contribution >= 0.6 is 0 Å². The van der Waals surface area contributed by atoms with Crippen molar-refractivity contribution in [1.29, 1.82) is 0 Å². The van der Waals surface area contributed by atoms with Gasteiger partial charge in [-0.3, -0.25) is 19.2 Å². The summed E-state index contributed by atoms with van der Waals surface area (Å²) in [5, 5.41) is 0. The maximum Gasteiger partial charge on any atom is 0.303 e. The number of carbonyl (C=O) groups excluding carboxylic acids is 4. The van der Waals surface area contributed by atoms with Crippen molar-refractivity contribution in [3.05, 3.63) is 29.8 Å². The smallest absolute Gasteiger partial charge is 0.303 e. The zero-order chi connectivity index (χ0) is 35.1. The molecule has 0 bridgehead atoms. The zero-order valence-electron chi connectivity index (χ0n) is 28.5. The molecule has 272 valence electrons. The van der Waals surface area contributed by atoms with Gasteiger partial charge in [0.2, 0.25) is 0 Å². The maximum atomic E-state index is 12.0. The van der Waals surface area contributed by atoms with Crippen LogP contribution in [0.4, 0.5) is 0 Å². The molecular formula is C33H50O15. The standard InChI is InChI=1S/C33H50O15/c1-23(34)44-22-29-30(45-24(2)35)31(46-25(3)36)32(47-26(4)37)33(48-29)43-13-7-6-8-27-9-11-28(12-10-27)42-21-20-41-19-18-40-17-16-39-15-14-38-5/h9-12,29-33H,6-8,13-22H2,1-5H3/t29-,30-,31+,32-,33-/m1/s1. The average Bonchev–Trinajstić information content (AvgIpc) is 3.03. The molecule has 48 heavy (non-hydrogen) atoms. The van der Waals surface area contributed by atoms with Gasteiger partial charge in [0.1, 0.15) is 25.1 Å². The fraction of sp³-hybridized carbons (Fsp3) is 0.697. The first-order chi connectivity index (χ1) is 23.1. The van der Waals surface area contributed by atoms with Crippen LogP contribution in [-0.4, -0.2) is 128 Å². The van der Waals surface area contributed by atoms with E-state index in [0.29, 0.717) is 59.3 Å². The molecule has 0 N–H and O–H groups in total. The molecule has 0 saturated carbocycles. The summed E-state index contributed by atoms with van der Waals surface area (Å²) in [4.78, 5) is 47.3. The van der Waals surface area contributed by atoms with Crippen molar-refractivity contribution in [1.82, 2.24) is 0 Å². The van der Waals surface area contributed by atoms with Gasteiger partial charge in [0.05, 0.1) is 46.2 Å². The van der Waals surface area contributed by atoms with E-state index in [1.807, 2.05) is 24.3 Å². The van der Waals surface area contributed by atoms with Crippen molar-refractivity contribution in [3.8, 4) is 5.75 Å². The van der Waals surface area contributed by atoms with E-state index in [-0.39, 0.29) is 13.2 Å². The third-order valence-corrected chi connectivity index (χ3v) is 6.69. The molecule has 0 aromatic heterocycles. The Labute approximate surface area is 281 Å². The highest BCUT2D eigenvalue weighted by Gasteiger charge is 2.52. The quantitative estimate of drug-likeness (QED) is 0.0880. The minimum absolute atomic E-state index is 0.210. The molecule has 0 amide bonds. The molecule has 15 nitrogen and oxygen atoms in total. The molecule has 0 unspecified atom stereocenters. The summed E-state index contributed by atoms with van der Waals surface area (Å²) in [5.41, 5.74) is 1.11. The summed E-state index contributed by atoms with van der Waals surface area (Å²) in [5.74, 6) is -1.94. The highest BCUT2D eigenvalue weighted by Crippen LogP contribution is 2.30. The molecule has 1 aliphatic rings. The largest absolute Gasteiger partial charge is 0.491 e. The highest BCUT2D eigenvalue weighted by atomic mass is 16.7. The Morgan fingerprint density at radius 1 is 0.625 bits per heavy atom. The Hall–Kier alpha value is -3.34. The lowest BCUT2D eigenvalue weighted by atomic mass is 9.98. The number of ether oxygens (including phenoxy) is 11. The second kappa shape index (κ2) is 23.9. The number of hydrogen-bond acceptors (Lipinski definition) is 15. The number of methoxy groups -OCH3 is 1. The lowest BCUT2D eigenvalue weighted by Crippen LogP contribution is -2.63. The second-order valence-electron chi connectivity index (χ2n) is 10.7. The van der Waals surface area contributed by atoms with Crippen LogP contribution in [0.3, 0.4) is 0 Å². The molecule has 15 heteroatoms. The van der Waals surface area contributed by atoms with Crippen LogP contribution in [0.5, 0.6) is 5.75 Å². The summed E-state index contributed by atoms with van der Waals surface area (Å²) >= 11 is 0. The second-order valence-corrected chi connectivity index (χ2v) is 10.7. The van der Waals surface area contributed by atoms with E-state index < -0.39 is 54.6 Å². The maximum absolute atomic E-state index is 12.0. The average molecular weight is 687 g/mol. The number of rotatable bonds is 24. The van der Waals surface area contributed by atoms with E-state index in [2.05, 4.69) is 0 Å². The normalized spacial score (nSPS) is 20.5. The summed E-state index contributed by atoms with van der Waals surface area (Å²) in [7, 11) is 1.63. The van der Waals surface area contributed by atoms with Gasteiger partial charge in [-0.2, -0.15) is 0 Å². The van der Waals surface area contributed by atoms with Gasteiger partial charge in [0.15, 0.2) is 24.6 Å². The van der Waals surface area contributed by atoms with Crippen LogP contribution in [0.1, 0.15) is 46.1 Å². The minimum atomic E-state index is -1.27. The first-order valence-electron chi connectivity index (χ1n) is 16.0. The molecule has 0 spiro atoms. The fourth-order valence-electron chi connectivity index (χ4n) is 4.61. The Bertz CT molecular complexity index is 1080. The molecule has 0 aliphatic carbocycles. The van der Waals surface area contributed by atoms with Gasteiger partial charge in [0.25, 0.3) is 0 Å². The van der Waals surface area contributed by atoms with Gasteiger partial charge in [-0.25, -0.2) is 0 Å². The number of hydrogen-bond donors (Lipinski definition) is 0. The molecule has 1 saturated heterocycles. The third-order valence-electron chi connectivity index (χ3n) is 6.69. The number of esters is 4. The number of aryl methyl sites for hydroxylation is 1. The molecule has 1 aliphatic heterocycles. The predicted octanol–water partition coefficient (Wildman–Crippen LogP) is 2.18. The lowest BCUT2D eigenvalue weighted by Gasteiger charge is -2.44. The molecule has 1 aromatic carbocycles. The van der Waals surface area contributed by atoms with E-state index >= 15 is 0 Å². The monoisotopic (exact) mass is 686 g/mol. The molecule has 1 heterocycles. The van der Waals surface area contributed by atoms with E-state index in [9.17, 15) is 19.2 Å². The number of carbonyl (C=O) groups is 4. The molecular weight excluding hydrogens is 636 g/mol. The summed E-state index contributed by atoms with van der Waals surface area (Å²) in [6.45, 7) is 8.56. The van der Waals surface area contributed by atoms with Crippen LogP contribution in [0.2, 0.25) is 0 Å². The van der Waals surface area contributed by atoms with Crippen molar-refractivity contribution in [2.75, 3.05) is 73.2 Å². The van der Waals surface area contributed by atoms with E-state index in [0.717, 1.165) is 31.1 Å². The number of benzene rings is 1. The Morgan fingerprint density at radius 3 is 1.73 bits per heavy atom. The van der Waals surface area contributed by atoms with E-state index in [1.54, 1.807) is 7.11 Å². The van der Waals surface area contributed by atoms with Crippen molar-refractivity contribution < 1.29 is 71.3 Å². The van der Waals surface area contributed by atoms with Crippen molar-refractivity contribution >= 4 is 23.9 Å². The van der Waals surface area contributed by atoms with Crippen molar-refractivity contribution in [2.45, 2.75) is 77.7 Å². The Morgan fingerprint density at radius 2 is 1.17 bits per heavy atom. The Kier molecular flexibility index (Phi) is 20.3.